The van der Waals surface area contributed by atoms with Gasteiger partial charge in [0.25, 0.3) is 0 Å². The molecular weight excluding hydrogens is 190 g/mol. The maximum atomic E-state index is 9.93. The highest BCUT2D eigenvalue weighted by atomic mass is 16.5. The third-order valence-electron chi connectivity index (χ3n) is 3.54. The average molecular weight is 213 g/mol. The molecule has 0 spiro atoms. The molecule has 0 aromatic heterocycles. The topological polar surface area (TPSA) is 41.5 Å². The molecule has 2 rings (SSSR count). The Labute approximate surface area is 92.2 Å². The van der Waals surface area contributed by atoms with Gasteiger partial charge in [0.1, 0.15) is 0 Å². The highest BCUT2D eigenvalue weighted by molar-refractivity contribution is 4.77. The zero-order valence-electron chi connectivity index (χ0n) is 9.45. The molecule has 2 unspecified atom stereocenters. The number of nitrogens with one attached hydrogen (secondary N) is 1. The summed E-state index contributed by atoms with van der Waals surface area (Å²) in [4.78, 5) is 0. The van der Waals surface area contributed by atoms with Crippen LogP contribution in [0.15, 0.2) is 0 Å². The molecule has 1 aliphatic heterocycles. The van der Waals surface area contributed by atoms with E-state index in [0.717, 1.165) is 38.8 Å². The molecular formula is C12H23NO2. The number of piperidine rings is 1. The first kappa shape index (κ1) is 11.4. The smallest absolute Gasteiger partial charge is 0.0838 e. The molecule has 1 saturated heterocycles. The Balaban J connectivity index is 1.79. The molecule has 3 nitrogen and oxygen atoms in total. The van der Waals surface area contributed by atoms with Crippen molar-refractivity contribution in [2.24, 2.45) is 0 Å². The molecule has 0 amide bonds. The van der Waals surface area contributed by atoms with E-state index in [2.05, 4.69) is 5.32 Å². The van der Waals surface area contributed by atoms with E-state index < -0.39 is 0 Å². The molecule has 2 fully saturated rings. The fourth-order valence-corrected chi connectivity index (χ4v) is 2.60. The maximum Gasteiger partial charge on any atom is 0.0838 e. The fourth-order valence-electron chi connectivity index (χ4n) is 2.60. The van der Waals surface area contributed by atoms with Gasteiger partial charge in [-0.2, -0.15) is 0 Å². The van der Waals surface area contributed by atoms with Crippen molar-refractivity contribution in [3.8, 4) is 0 Å². The summed E-state index contributed by atoms with van der Waals surface area (Å²) in [6, 6.07) is 0. The number of ether oxygens (including phenoxy) is 1. The van der Waals surface area contributed by atoms with Crippen molar-refractivity contribution in [1.82, 2.24) is 5.32 Å². The summed E-state index contributed by atoms with van der Waals surface area (Å²) >= 11 is 0. The van der Waals surface area contributed by atoms with Gasteiger partial charge in [-0.1, -0.05) is 19.3 Å². The van der Waals surface area contributed by atoms with Crippen LogP contribution in [-0.4, -0.2) is 36.5 Å². The van der Waals surface area contributed by atoms with Crippen LogP contribution in [-0.2, 0) is 4.74 Å². The minimum atomic E-state index is -0.227. The van der Waals surface area contributed by atoms with Gasteiger partial charge < -0.3 is 15.2 Å². The summed E-state index contributed by atoms with van der Waals surface area (Å²) in [5.41, 5.74) is 0. The molecule has 0 aromatic rings. The minimum absolute atomic E-state index is 0.0948. The van der Waals surface area contributed by atoms with E-state index >= 15 is 0 Å². The molecule has 0 radical (unpaired) electrons. The predicted molar refractivity (Wildman–Crippen MR) is 59.9 cm³/mol. The molecule has 0 bridgehead atoms. The third kappa shape index (κ3) is 3.44. The number of hydrogen-bond donors (Lipinski definition) is 2. The Bertz CT molecular complexity index is 180. The molecule has 2 N–H and O–H groups in total. The van der Waals surface area contributed by atoms with E-state index in [0.29, 0.717) is 6.10 Å². The maximum absolute atomic E-state index is 9.93. The first-order valence-electron chi connectivity index (χ1n) is 6.40. The molecule has 1 heterocycles. The second kappa shape index (κ2) is 5.83. The summed E-state index contributed by atoms with van der Waals surface area (Å²) < 4.78 is 6.01. The Morgan fingerprint density at radius 3 is 2.67 bits per heavy atom. The average Bonchev–Trinajstić information content (AvgIpc) is 2.46. The molecule has 0 aromatic carbocycles. The lowest BCUT2D eigenvalue weighted by molar-refractivity contribution is -0.0845. The van der Waals surface area contributed by atoms with Gasteiger partial charge in [-0.3, -0.25) is 0 Å². The van der Waals surface area contributed by atoms with Gasteiger partial charge in [-0.15, -0.1) is 0 Å². The van der Waals surface area contributed by atoms with Gasteiger partial charge in [0, 0.05) is 6.54 Å². The van der Waals surface area contributed by atoms with Gasteiger partial charge >= 0.3 is 0 Å². The number of aliphatic hydroxyl groups is 1. The van der Waals surface area contributed by atoms with Crippen LogP contribution in [0.5, 0.6) is 0 Å². The van der Waals surface area contributed by atoms with Crippen LogP contribution in [0.4, 0.5) is 0 Å². The second-order valence-corrected chi connectivity index (χ2v) is 4.85. The Kier molecular flexibility index (Phi) is 4.42. The zero-order chi connectivity index (χ0) is 10.5. The summed E-state index contributed by atoms with van der Waals surface area (Å²) in [6.07, 6.45) is 8.13. The predicted octanol–water partition coefficient (Wildman–Crippen LogP) is 1.45. The van der Waals surface area contributed by atoms with Crippen LogP contribution in [0.3, 0.4) is 0 Å². The fraction of sp³-hybridized carbons (Fsp3) is 1.00. The van der Waals surface area contributed by atoms with E-state index in [4.69, 9.17) is 4.74 Å². The van der Waals surface area contributed by atoms with E-state index in [1.165, 1.54) is 19.3 Å². The molecule has 3 atom stereocenters. The minimum Gasteiger partial charge on any atom is -0.390 e. The lowest BCUT2D eigenvalue weighted by atomic mass is 10.1. The molecule has 88 valence electrons. The molecule has 1 aliphatic carbocycles. The Hall–Kier alpha value is -0.120. The van der Waals surface area contributed by atoms with Crippen LogP contribution in [0.2, 0.25) is 0 Å². The van der Waals surface area contributed by atoms with Gasteiger partial charge in [0.05, 0.1) is 18.3 Å². The lowest BCUT2D eigenvalue weighted by Crippen LogP contribution is -2.40. The molecule has 1 saturated carbocycles. The van der Waals surface area contributed by atoms with Gasteiger partial charge in [0.2, 0.25) is 0 Å². The van der Waals surface area contributed by atoms with Crippen LogP contribution in [0.1, 0.15) is 44.9 Å². The lowest BCUT2D eigenvalue weighted by Gasteiger charge is -2.29. The van der Waals surface area contributed by atoms with Crippen LogP contribution < -0.4 is 5.32 Å². The Morgan fingerprint density at radius 2 is 1.87 bits per heavy atom. The van der Waals surface area contributed by atoms with Crippen LogP contribution in [0.25, 0.3) is 0 Å². The van der Waals surface area contributed by atoms with Crippen molar-refractivity contribution in [3.05, 3.63) is 0 Å². The molecule has 2 aliphatic rings. The first-order chi connectivity index (χ1) is 7.36. The van der Waals surface area contributed by atoms with Crippen molar-refractivity contribution < 1.29 is 9.84 Å². The van der Waals surface area contributed by atoms with Crippen molar-refractivity contribution in [2.75, 3.05) is 13.1 Å². The number of hydrogen-bond acceptors (Lipinski definition) is 3. The first-order valence-corrected chi connectivity index (χ1v) is 6.40. The second-order valence-electron chi connectivity index (χ2n) is 4.85. The van der Waals surface area contributed by atoms with E-state index in [1.807, 2.05) is 0 Å². The van der Waals surface area contributed by atoms with Gasteiger partial charge in [-0.25, -0.2) is 0 Å². The monoisotopic (exact) mass is 213 g/mol. The largest absolute Gasteiger partial charge is 0.390 e. The quantitative estimate of drug-likeness (QED) is 0.682. The van der Waals surface area contributed by atoms with Crippen molar-refractivity contribution in [2.45, 2.75) is 63.3 Å². The normalized spacial score (nSPS) is 38.6. The standard InChI is InChI=1S/C12H23NO2/c14-11-6-2-1-3-7-12(11)15-10-5-4-8-13-9-10/h10-14H,1-9H2/t10-,11?,12?/m0/s1. The summed E-state index contributed by atoms with van der Waals surface area (Å²) in [5.74, 6) is 0. The summed E-state index contributed by atoms with van der Waals surface area (Å²) in [5, 5.41) is 13.3. The van der Waals surface area contributed by atoms with E-state index in [-0.39, 0.29) is 12.2 Å². The van der Waals surface area contributed by atoms with E-state index in [1.54, 1.807) is 0 Å². The molecule has 3 heteroatoms. The van der Waals surface area contributed by atoms with Crippen LogP contribution >= 0.6 is 0 Å². The van der Waals surface area contributed by atoms with Gasteiger partial charge in [0.15, 0.2) is 0 Å². The highest BCUT2D eigenvalue weighted by Gasteiger charge is 2.26. The highest BCUT2D eigenvalue weighted by Crippen LogP contribution is 2.22. The summed E-state index contributed by atoms with van der Waals surface area (Å²) in [7, 11) is 0. The SMILES string of the molecule is OC1CCCCCC1O[C@H]1CCCNC1. The van der Waals surface area contributed by atoms with Gasteiger partial charge in [-0.05, 0) is 32.2 Å². The third-order valence-corrected chi connectivity index (χ3v) is 3.54. The van der Waals surface area contributed by atoms with Crippen molar-refractivity contribution in [1.29, 1.82) is 0 Å². The Morgan fingerprint density at radius 1 is 1.00 bits per heavy atom. The number of rotatable bonds is 2. The van der Waals surface area contributed by atoms with E-state index in [9.17, 15) is 5.11 Å². The van der Waals surface area contributed by atoms with Crippen LogP contribution in [0, 0.1) is 0 Å². The molecule has 15 heavy (non-hydrogen) atoms. The van der Waals surface area contributed by atoms with Crippen molar-refractivity contribution >= 4 is 0 Å². The van der Waals surface area contributed by atoms with Crippen molar-refractivity contribution in [3.63, 3.8) is 0 Å². The summed E-state index contributed by atoms with van der Waals surface area (Å²) in [6.45, 7) is 2.08. The number of aliphatic hydroxyl groups excluding tert-OH is 1. The zero-order valence-corrected chi connectivity index (χ0v) is 9.45.